The summed E-state index contributed by atoms with van der Waals surface area (Å²) in [7, 11) is 0. The fourth-order valence-corrected chi connectivity index (χ4v) is 3.90. The summed E-state index contributed by atoms with van der Waals surface area (Å²) in [5.74, 6) is 0.990. The molecule has 3 aromatic heterocycles. The molecule has 4 aromatic rings. The number of nitrogens with zero attached hydrogens (tertiary/aromatic N) is 6. The Kier molecular flexibility index (Phi) is 4.50. The molecule has 0 aliphatic rings. The van der Waals surface area contributed by atoms with Crippen molar-refractivity contribution in [2.45, 2.75) is 13.8 Å². The normalized spacial score (nSPS) is 11.1. The molecule has 0 atom stereocenters. The van der Waals surface area contributed by atoms with Crippen LogP contribution in [0.3, 0.4) is 0 Å². The molecule has 0 saturated carbocycles. The Bertz CT molecular complexity index is 1200. The van der Waals surface area contributed by atoms with E-state index in [-0.39, 0.29) is 11.2 Å². The predicted octanol–water partition coefficient (Wildman–Crippen LogP) is 3.69. The van der Waals surface area contributed by atoms with Gasteiger partial charge in [-0.2, -0.15) is 9.67 Å². The van der Waals surface area contributed by atoms with Crippen molar-refractivity contribution in [3.05, 3.63) is 56.2 Å². The number of fused-ring (bicyclic) bond motifs is 1. The molecule has 4 rings (SSSR count). The first kappa shape index (κ1) is 17.8. The second-order valence-electron chi connectivity index (χ2n) is 5.63. The maximum absolute atomic E-state index is 12.9. The van der Waals surface area contributed by atoms with Crippen LogP contribution in [0.4, 0.5) is 10.9 Å². The van der Waals surface area contributed by atoms with Gasteiger partial charge in [-0.25, -0.2) is 9.97 Å². The van der Waals surface area contributed by atoms with Gasteiger partial charge in [0.2, 0.25) is 5.65 Å². The molecule has 0 amide bonds. The molecule has 0 bridgehead atoms. The number of thiazole rings is 1. The highest BCUT2D eigenvalue weighted by atomic mass is 35.5. The Morgan fingerprint density at radius 3 is 2.70 bits per heavy atom. The fraction of sp³-hybridized carbons (Fsp3) is 0.125. The molecule has 1 aromatic carbocycles. The Labute approximate surface area is 166 Å². The van der Waals surface area contributed by atoms with Gasteiger partial charge in [0.15, 0.2) is 5.13 Å². The number of para-hydroxylation sites is 1. The minimum atomic E-state index is -0.348. The van der Waals surface area contributed by atoms with Crippen LogP contribution in [0, 0.1) is 13.8 Å². The molecule has 0 saturated heterocycles. The number of aromatic nitrogens is 6. The van der Waals surface area contributed by atoms with E-state index < -0.39 is 0 Å². The summed E-state index contributed by atoms with van der Waals surface area (Å²) in [6.45, 7) is 3.58. The van der Waals surface area contributed by atoms with Crippen molar-refractivity contribution in [2.24, 2.45) is 0 Å². The van der Waals surface area contributed by atoms with Crippen molar-refractivity contribution in [3.8, 4) is 5.69 Å². The van der Waals surface area contributed by atoms with Crippen LogP contribution in [0.5, 0.6) is 0 Å². The molecule has 0 aliphatic carbocycles. The van der Waals surface area contributed by atoms with Crippen LogP contribution in [0.15, 0.2) is 29.1 Å². The molecular formula is C16H11Cl2N7OS. The quantitative estimate of drug-likeness (QED) is 0.505. The summed E-state index contributed by atoms with van der Waals surface area (Å²) in [4.78, 5) is 25.4. The summed E-state index contributed by atoms with van der Waals surface area (Å²) in [6, 6.07) is 6.92. The standard InChI is InChI=1S/C16H11Cl2N7OS/c1-7-4-3-5-9(17)12(7)25-15(26)13-14(23-24-25)22-16(27-13)21-11-6-10(18)19-8(2)20-11/h3-6H,1-2H3,(H,19,20,21,22). The number of nitrogens with one attached hydrogen (secondary N) is 1. The zero-order valence-electron chi connectivity index (χ0n) is 14.1. The third-order valence-corrected chi connectivity index (χ3v) is 5.11. The van der Waals surface area contributed by atoms with Crippen LogP contribution in [0.1, 0.15) is 11.4 Å². The third kappa shape index (κ3) is 3.36. The molecule has 0 unspecified atom stereocenters. The molecule has 27 heavy (non-hydrogen) atoms. The lowest BCUT2D eigenvalue weighted by atomic mass is 10.2. The number of aryl methyl sites for hydroxylation is 2. The lowest BCUT2D eigenvalue weighted by Crippen LogP contribution is -2.22. The molecule has 1 N–H and O–H groups in total. The highest BCUT2D eigenvalue weighted by molar-refractivity contribution is 7.22. The maximum Gasteiger partial charge on any atom is 0.294 e. The predicted molar refractivity (Wildman–Crippen MR) is 106 cm³/mol. The Balaban J connectivity index is 1.80. The lowest BCUT2D eigenvalue weighted by Gasteiger charge is -2.08. The highest BCUT2D eigenvalue weighted by Gasteiger charge is 2.16. The largest absolute Gasteiger partial charge is 0.316 e. The van der Waals surface area contributed by atoms with Crippen LogP contribution in [-0.2, 0) is 0 Å². The molecule has 3 heterocycles. The van der Waals surface area contributed by atoms with E-state index in [2.05, 4.69) is 30.6 Å². The van der Waals surface area contributed by atoms with Crippen molar-refractivity contribution in [1.29, 1.82) is 0 Å². The van der Waals surface area contributed by atoms with Crippen LogP contribution in [0.2, 0.25) is 10.2 Å². The number of hydrogen-bond donors (Lipinski definition) is 1. The van der Waals surface area contributed by atoms with Gasteiger partial charge in [-0.15, -0.1) is 5.10 Å². The maximum atomic E-state index is 12.9. The van der Waals surface area contributed by atoms with Crippen LogP contribution >= 0.6 is 34.5 Å². The summed E-state index contributed by atoms with van der Waals surface area (Å²) < 4.78 is 1.54. The molecule has 0 spiro atoms. The minimum absolute atomic E-state index is 0.241. The average Bonchev–Trinajstić information content (AvgIpc) is 2.99. The van der Waals surface area contributed by atoms with Gasteiger partial charge in [0.1, 0.15) is 21.5 Å². The first-order valence-electron chi connectivity index (χ1n) is 7.72. The zero-order chi connectivity index (χ0) is 19.1. The SMILES string of the molecule is Cc1nc(Cl)cc(Nc2nc3nnn(-c4c(C)cccc4Cl)c(=O)c3s2)n1. The van der Waals surface area contributed by atoms with Crippen molar-refractivity contribution in [1.82, 2.24) is 29.9 Å². The average molecular weight is 420 g/mol. The molecule has 11 heteroatoms. The summed E-state index contributed by atoms with van der Waals surface area (Å²) in [6.07, 6.45) is 0. The number of rotatable bonds is 3. The molecule has 0 aliphatic heterocycles. The van der Waals surface area contributed by atoms with E-state index in [1.54, 1.807) is 19.1 Å². The Morgan fingerprint density at radius 1 is 1.15 bits per heavy atom. The summed E-state index contributed by atoms with van der Waals surface area (Å²) >= 11 is 13.3. The first-order chi connectivity index (χ1) is 12.9. The molecule has 0 radical (unpaired) electrons. The minimum Gasteiger partial charge on any atom is -0.316 e. The van der Waals surface area contributed by atoms with E-state index in [0.717, 1.165) is 16.9 Å². The first-order valence-corrected chi connectivity index (χ1v) is 9.30. The monoisotopic (exact) mass is 419 g/mol. The fourth-order valence-electron chi connectivity index (χ4n) is 2.54. The third-order valence-electron chi connectivity index (χ3n) is 3.67. The van der Waals surface area contributed by atoms with E-state index in [0.29, 0.717) is 37.3 Å². The van der Waals surface area contributed by atoms with Crippen molar-refractivity contribution >= 4 is 55.8 Å². The van der Waals surface area contributed by atoms with Gasteiger partial charge in [0.25, 0.3) is 5.56 Å². The van der Waals surface area contributed by atoms with Gasteiger partial charge in [-0.1, -0.05) is 51.9 Å². The number of anilines is 2. The molecule has 0 fully saturated rings. The zero-order valence-corrected chi connectivity index (χ0v) is 16.4. The molecule has 136 valence electrons. The summed E-state index contributed by atoms with van der Waals surface area (Å²) in [5.41, 5.74) is 1.20. The van der Waals surface area contributed by atoms with Gasteiger partial charge in [-0.05, 0) is 25.5 Å². The van der Waals surface area contributed by atoms with Crippen LogP contribution in [-0.4, -0.2) is 29.9 Å². The van der Waals surface area contributed by atoms with Gasteiger partial charge in [0, 0.05) is 6.07 Å². The van der Waals surface area contributed by atoms with Crippen molar-refractivity contribution < 1.29 is 0 Å². The lowest BCUT2D eigenvalue weighted by molar-refractivity contribution is 0.733. The van der Waals surface area contributed by atoms with Gasteiger partial charge < -0.3 is 5.32 Å². The van der Waals surface area contributed by atoms with Gasteiger partial charge in [-0.3, -0.25) is 4.79 Å². The van der Waals surface area contributed by atoms with E-state index in [4.69, 9.17) is 23.2 Å². The molecule has 8 nitrogen and oxygen atoms in total. The van der Waals surface area contributed by atoms with E-state index in [9.17, 15) is 4.79 Å². The number of benzene rings is 1. The van der Waals surface area contributed by atoms with Crippen LogP contribution in [0.25, 0.3) is 16.0 Å². The second kappa shape index (κ2) is 6.84. The van der Waals surface area contributed by atoms with E-state index >= 15 is 0 Å². The summed E-state index contributed by atoms with van der Waals surface area (Å²) in [5, 5.41) is 12.2. The Morgan fingerprint density at radius 2 is 1.96 bits per heavy atom. The van der Waals surface area contributed by atoms with E-state index in [1.807, 2.05) is 19.1 Å². The smallest absolute Gasteiger partial charge is 0.294 e. The van der Waals surface area contributed by atoms with Gasteiger partial charge >= 0.3 is 0 Å². The highest BCUT2D eigenvalue weighted by Crippen LogP contribution is 2.26. The van der Waals surface area contributed by atoms with Crippen LogP contribution < -0.4 is 10.9 Å². The van der Waals surface area contributed by atoms with E-state index in [1.165, 1.54) is 4.68 Å². The van der Waals surface area contributed by atoms with Gasteiger partial charge in [0.05, 0.1) is 10.7 Å². The topological polar surface area (TPSA) is 98.5 Å². The molecular weight excluding hydrogens is 409 g/mol. The number of hydrogen-bond acceptors (Lipinski definition) is 8. The van der Waals surface area contributed by atoms with Crippen molar-refractivity contribution in [2.75, 3.05) is 5.32 Å². The Hall–Kier alpha value is -2.62. The second-order valence-corrected chi connectivity index (χ2v) is 7.43. The number of halogens is 2. The van der Waals surface area contributed by atoms with Crippen molar-refractivity contribution in [3.63, 3.8) is 0 Å².